The van der Waals surface area contributed by atoms with Crippen LogP contribution in [-0.2, 0) is 38.3 Å². The van der Waals surface area contributed by atoms with Crippen molar-refractivity contribution in [2.24, 2.45) is 0 Å². The summed E-state index contributed by atoms with van der Waals surface area (Å²) in [7, 11) is 0. The Morgan fingerprint density at radius 2 is 1.21 bits per heavy atom. The molecule has 0 N–H and O–H groups in total. The van der Waals surface area contributed by atoms with Crippen LogP contribution in [0, 0.1) is 11.6 Å². The Bertz CT molecular complexity index is 1350. The van der Waals surface area contributed by atoms with Gasteiger partial charge in [0.15, 0.2) is 0 Å². The topological polar surface area (TPSA) is 0 Å². The van der Waals surface area contributed by atoms with Crippen LogP contribution in [0.5, 0.6) is 0 Å². The van der Waals surface area contributed by atoms with E-state index in [-0.39, 0.29) is 11.6 Å². The van der Waals surface area contributed by atoms with E-state index in [9.17, 15) is 17.6 Å². The number of hydrogen-bond acceptors (Lipinski definition) is 0. The van der Waals surface area contributed by atoms with E-state index in [1.54, 1.807) is 18.2 Å². The second kappa shape index (κ2) is 12.6. The first-order valence-electron chi connectivity index (χ1n) is 13.4. The number of fused-ring (bicyclic) bond motifs is 1. The van der Waals surface area contributed by atoms with Gasteiger partial charge in [-0.2, -0.15) is 13.2 Å². The van der Waals surface area contributed by atoms with E-state index in [1.807, 2.05) is 30.3 Å². The molecule has 0 aliphatic heterocycles. The second-order valence-corrected chi connectivity index (χ2v) is 10.0. The summed E-state index contributed by atoms with van der Waals surface area (Å²) in [5, 5.41) is 1.29. The largest absolute Gasteiger partial charge is 0.416 e. The predicted molar refractivity (Wildman–Crippen MR) is 144 cm³/mol. The highest BCUT2D eigenvalue weighted by atomic mass is 19.4. The van der Waals surface area contributed by atoms with Crippen molar-refractivity contribution in [3.63, 3.8) is 0 Å². The molecule has 0 aromatic heterocycles. The van der Waals surface area contributed by atoms with Crippen molar-refractivity contribution in [1.29, 1.82) is 0 Å². The van der Waals surface area contributed by atoms with Gasteiger partial charge >= 0.3 is 6.18 Å². The van der Waals surface area contributed by atoms with Crippen LogP contribution in [-0.4, -0.2) is 0 Å². The minimum Gasteiger partial charge on any atom is -0.207 e. The van der Waals surface area contributed by atoms with Gasteiger partial charge in [0.25, 0.3) is 0 Å². The van der Waals surface area contributed by atoms with E-state index in [0.717, 1.165) is 47.1 Å². The molecule has 4 rings (SSSR count). The zero-order chi connectivity index (χ0) is 27.1. The summed E-state index contributed by atoms with van der Waals surface area (Å²) in [6, 6.07) is 19.8. The average molecular weight is 525 g/mol. The fourth-order valence-electron chi connectivity index (χ4n) is 4.86. The summed E-state index contributed by atoms with van der Waals surface area (Å²) in [4.78, 5) is 0. The Morgan fingerprint density at radius 1 is 0.579 bits per heavy atom. The highest BCUT2D eigenvalue weighted by Crippen LogP contribution is 2.30. The SMILES string of the molecule is CCCCCCc1ccc(CCc2ccc3c(F)c(CCc4ccc(C(F)(F)F)cc4)ccc3c2)c(F)c1. The average Bonchev–Trinajstić information content (AvgIpc) is 2.90. The van der Waals surface area contributed by atoms with Gasteiger partial charge < -0.3 is 0 Å². The molecule has 4 aromatic carbocycles. The molecule has 0 saturated carbocycles. The van der Waals surface area contributed by atoms with E-state index in [4.69, 9.17) is 0 Å². The van der Waals surface area contributed by atoms with Crippen molar-refractivity contribution in [3.8, 4) is 0 Å². The summed E-state index contributed by atoms with van der Waals surface area (Å²) in [5.74, 6) is -0.468. The van der Waals surface area contributed by atoms with Crippen molar-refractivity contribution < 1.29 is 22.0 Å². The van der Waals surface area contributed by atoms with Gasteiger partial charge in [-0.1, -0.05) is 80.8 Å². The van der Waals surface area contributed by atoms with Crippen LogP contribution >= 0.6 is 0 Å². The number of halogens is 5. The molecule has 38 heavy (non-hydrogen) atoms. The Balaban J connectivity index is 1.37. The van der Waals surface area contributed by atoms with Gasteiger partial charge in [0.05, 0.1) is 5.56 Å². The lowest BCUT2D eigenvalue weighted by Gasteiger charge is -2.10. The third-order valence-corrected chi connectivity index (χ3v) is 7.18. The smallest absolute Gasteiger partial charge is 0.207 e. The molecule has 0 fully saturated rings. The minimum absolute atomic E-state index is 0.164. The molecule has 0 saturated heterocycles. The van der Waals surface area contributed by atoms with E-state index in [0.29, 0.717) is 42.2 Å². The highest BCUT2D eigenvalue weighted by molar-refractivity contribution is 5.84. The molecule has 4 aromatic rings. The van der Waals surface area contributed by atoms with Crippen LogP contribution in [0.15, 0.2) is 72.8 Å². The number of benzene rings is 4. The van der Waals surface area contributed by atoms with Crippen LogP contribution in [0.3, 0.4) is 0 Å². The van der Waals surface area contributed by atoms with E-state index in [1.165, 1.54) is 31.4 Å². The first kappa shape index (κ1) is 27.8. The quantitative estimate of drug-likeness (QED) is 0.135. The normalized spacial score (nSPS) is 11.8. The maximum absolute atomic E-state index is 15.2. The molecule has 0 radical (unpaired) electrons. The molecule has 0 nitrogen and oxygen atoms in total. The molecule has 5 heteroatoms. The first-order valence-corrected chi connectivity index (χ1v) is 13.4. The van der Waals surface area contributed by atoms with E-state index >= 15 is 4.39 Å². The highest BCUT2D eigenvalue weighted by Gasteiger charge is 2.29. The molecule has 0 bridgehead atoms. The van der Waals surface area contributed by atoms with Crippen molar-refractivity contribution >= 4 is 10.8 Å². The number of aryl methyl sites for hydroxylation is 5. The van der Waals surface area contributed by atoms with Gasteiger partial charge in [-0.25, -0.2) is 8.78 Å². The van der Waals surface area contributed by atoms with Crippen LogP contribution in [0.25, 0.3) is 10.8 Å². The Morgan fingerprint density at radius 3 is 1.92 bits per heavy atom. The van der Waals surface area contributed by atoms with Crippen LogP contribution in [0.1, 0.15) is 66.0 Å². The summed E-state index contributed by atoms with van der Waals surface area (Å²) in [5.41, 5.74) is 3.31. The maximum atomic E-state index is 15.2. The monoisotopic (exact) mass is 524 g/mol. The third-order valence-electron chi connectivity index (χ3n) is 7.18. The molecule has 0 atom stereocenters. The fourth-order valence-corrected chi connectivity index (χ4v) is 4.86. The Kier molecular flexibility index (Phi) is 9.19. The Labute approximate surface area is 221 Å². The molecule has 0 spiro atoms. The van der Waals surface area contributed by atoms with Crippen LogP contribution in [0.2, 0.25) is 0 Å². The molecule has 0 aliphatic carbocycles. The molecule has 0 aliphatic rings. The number of rotatable bonds is 11. The summed E-state index contributed by atoms with van der Waals surface area (Å²) >= 11 is 0. The lowest BCUT2D eigenvalue weighted by Crippen LogP contribution is -2.04. The zero-order valence-corrected chi connectivity index (χ0v) is 21.7. The van der Waals surface area contributed by atoms with E-state index < -0.39 is 11.7 Å². The van der Waals surface area contributed by atoms with Gasteiger partial charge in [-0.15, -0.1) is 0 Å². The van der Waals surface area contributed by atoms with Crippen molar-refractivity contribution in [2.75, 3.05) is 0 Å². The molecule has 200 valence electrons. The van der Waals surface area contributed by atoms with Gasteiger partial charge in [0.2, 0.25) is 0 Å². The summed E-state index contributed by atoms with van der Waals surface area (Å²) in [6.45, 7) is 2.17. The van der Waals surface area contributed by atoms with Gasteiger partial charge in [-0.3, -0.25) is 0 Å². The number of alkyl halides is 3. The lowest BCUT2D eigenvalue weighted by atomic mass is 9.96. The summed E-state index contributed by atoms with van der Waals surface area (Å²) in [6.07, 6.45) is 3.24. The molecular formula is C33H33F5. The molecule has 0 amide bonds. The fraction of sp³-hybridized carbons (Fsp3) is 0.333. The standard InChI is InChI=1S/C33H33F5/c1-2-3-4-5-6-24-8-13-26(31(34)22-24)14-9-25-12-20-30-28(21-25)17-16-27(32(30)35)15-7-23-10-18-29(19-11-23)33(36,37)38/h8,10-13,16-22H,2-7,9,14-15H2,1H3. The maximum Gasteiger partial charge on any atom is 0.416 e. The van der Waals surface area contributed by atoms with Crippen LogP contribution < -0.4 is 0 Å². The van der Waals surface area contributed by atoms with Gasteiger partial charge in [-0.05, 0) is 89.9 Å². The zero-order valence-electron chi connectivity index (χ0n) is 21.7. The molecule has 0 unspecified atom stereocenters. The van der Waals surface area contributed by atoms with E-state index in [2.05, 4.69) is 6.92 Å². The molecular weight excluding hydrogens is 491 g/mol. The van der Waals surface area contributed by atoms with Gasteiger partial charge in [0.1, 0.15) is 11.6 Å². The number of unbranched alkanes of at least 4 members (excludes halogenated alkanes) is 3. The van der Waals surface area contributed by atoms with Crippen molar-refractivity contribution in [3.05, 3.63) is 118 Å². The molecule has 0 heterocycles. The minimum atomic E-state index is -4.37. The van der Waals surface area contributed by atoms with Crippen LogP contribution in [0.4, 0.5) is 22.0 Å². The Hall–Kier alpha value is -3.21. The second-order valence-electron chi connectivity index (χ2n) is 10.0. The van der Waals surface area contributed by atoms with Crippen molar-refractivity contribution in [1.82, 2.24) is 0 Å². The number of hydrogen-bond donors (Lipinski definition) is 0. The third kappa shape index (κ3) is 7.21. The van der Waals surface area contributed by atoms with Crippen molar-refractivity contribution in [2.45, 2.75) is 70.9 Å². The van der Waals surface area contributed by atoms with Gasteiger partial charge in [0, 0.05) is 5.39 Å². The first-order chi connectivity index (χ1) is 18.2. The summed E-state index contributed by atoms with van der Waals surface area (Å²) < 4.78 is 68.1. The predicted octanol–water partition coefficient (Wildman–Crippen LogP) is 9.83. The lowest BCUT2D eigenvalue weighted by molar-refractivity contribution is -0.137.